The van der Waals surface area contributed by atoms with Crippen molar-refractivity contribution >= 4 is 45.6 Å². The number of carbonyl (C=O) groups is 3. The van der Waals surface area contributed by atoms with Crippen LogP contribution in [0.1, 0.15) is 26.3 Å². The number of nitro benzene ring substituents is 1. The quantitative estimate of drug-likeness (QED) is 0.108. The van der Waals surface area contributed by atoms with Gasteiger partial charge in [0.05, 0.1) is 44.6 Å². The zero-order valence-electron chi connectivity index (χ0n) is 21.4. The standard InChI is InChI=1S/C26H23BrN4O9/c1-37-21-11-16(12-22(38-2)24(21)39-3)25(33)28-14-23(32)30-29-13-17-10-18(27)6-9-20(17)40-26(34)15-4-7-19(8-5-15)31(35)36/h4-13H,14H2,1-3H3,(H,28,33)(H,30,32)/b29-13-. The monoisotopic (exact) mass is 614 g/mol. The number of benzene rings is 3. The molecule has 0 aliphatic heterocycles. The summed E-state index contributed by atoms with van der Waals surface area (Å²) in [7, 11) is 4.26. The molecule has 0 radical (unpaired) electrons. The van der Waals surface area contributed by atoms with Crippen LogP contribution in [0.15, 0.2) is 64.2 Å². The number of nitrogens with zero attached hydrogens (tertiary/aromatic N) is 2. The first kappa shape index (κ1) is 29.6. The van der Waals surface area contributed by atoms with E-state index in [-0.39, 0.29) is 34.1 Å². The van der Waals surface area contributed by atoms with Crippen molar-refractivity contribution in [2.45, 2.75) is 0 Å². The topological polar surface area (TPSA) is 168 Å². The van der Waals surface area contributed by atoms with Gasteiger partial charge in [0, 0.05) is 27.7 Å². The average molecular weight is 615 g/mol. The number of hydrogen-bond donors (Lipinski definition) is 2. The van der Waals surface area contributed by atoms with Gasteiger partial charge in [-0.15, -0.1) is 0 Å². The lowest BCUT2D eigenvalue weighted by Crippen LogP contribution is -2.35. The number of halogens is 1. The lowest BCUT2D eigenvalue weighted by atomic mass is 10.1. The third kappa shape index (κ3) is 7.54. The van der Waals surface area contributed by atoms with Crippen molar-refractivity contribution in [2.24, 2.45) is 5.10 Å². The third-order valence-electron chi connectivity index (χ3n) is 5.22. The first-order chi connectivity index (χ1) is 19.2. The summed E-state index contributed by atoms with van der Waals surface area (Å²) in [5.74, 6) is -0.938. The zero-order valence-corrected chi connectivity index (χ0v) is 23.0. The van der Waals surface area contributed by atoms with Crippen molar-refractivity contribution in [3.63, 3.8) is 0 Å². The van der Waals surface area contributed by atoms with Crippen molar-refractivity contribution in [1.82, 2.24) is 10.7 Å². The SMILES string of the molecule is COc1cc(C(=O)NCC(=O)N/N=C\c2cc(Br)ccc2OC(=O)c2ccc([N+](=O)[O-])cc2)cc(OC)c1OC. The van der Waals surface area contributed by atoms with E-state index in [1.807, 2.05) is 0 Å². The number of methoxy groups -OCH3 is 3. The van der Waals surface area contributed by atoms with Gasteiger partial charge in [-0.1, -0.05) is 15.9 Å². The lowest BCUT2D eigenvalue weighted by molar-refractivity contribution is -0.384. The molecule has 40 heavy (non-hydrogen) atoms. The molecule has 0 atom stereocenters. The van der Waals surface area contributed by atoms with Crippen LogP contribution in [0.25, 0.3) is 0 Å². The summed E-state index contributed by atoms with van der Waals surface area (Å²) in [6.07, 6.45) is 1.25. The summed E-state index contributed by atoms with van der Waals surface area (Å²) in [5.41, 5.74) is 2.74. The summed E-state index contributed by atoms with van der Waals surface area (Å²) in [6.45, 7) is -0.396. The van der Waals surface area contributed by atoms with Gasteiger partial charge in [0.15, 0.2) is 11.5 Å². The summed E-state index contributed by atoms with van der Waals surface area (Å²) >= 11 is 3.32. The van der Waals surface area contributed by atoms with Crippen LogP contribution in [-0.4, -0.2) is 56.8 Å². The maximum Gasteiger partial charge on any atom is 0.343 e. The average Bonchev–Trinajstić information content (AvgIpc) is 2.96. The van der Waals surface area contributed by atoms with Crippen LogP contribution in [0.4, 0.5) is 5.69 Å². The molecule has 0 saturated carbocycles. The first-order valence-electron chi connectivity index (χ1n) is 11.3. The van der Waals surface area contributed by atoms with Crippen LogP contribution in [0.3, 0.4) is 0 Å². The number of non-ortho nitro benzene ring substituents is 1. The molecule has 0 heterocycles. The Labute approximate surface area is 236 Å². The van der Waals surface area contributed by atoms with Crippen molar-refractivity contribution in [3.8, 4) is 23.0 Å². The maximum atomic E-state index is 12.6. The molecule has 3 aromatic rings. The van der Waals surface area contributed by atoms with Crippen LogP contribution in [0.2, 0.25) is 0 Å². The number of carbonyl (C=O) groups excluding carboxylic acids is 3. The highest BCUT2D eigenvalue weighted by molar-refractivity contribution is 9.10. The Morgan fingerprint density at radius 1 is 0.925 bits per heavy atom. The number of rotatable bonds is 11. The van der Waals surface area contributed by atoms with E-state index in [9.17, 15) is 24.5 Å². The molecule has 208 valence electrons. The number of hydrazone groups is 1. The molecule has 0 aliphatic rings. The summed E-state index contributed by atoms with van der Waals surface area (Å²) < 4.78 is 21.7. The van der Waals surface area contributed by atoms with Gasteiger partial charge in [-0.3, -0.25) is 19.7 Å². The predicted molar refractivity (Wildman–Crippen MR) is 146 cm³/mol. The van der Waals surface area contributed by atoms with Crippen LogP contribution < -0.4 is 29.7 Å². The minimum Gasteiger partial charge on any atom is -0.493 e. The summed E-state index contributed by atoms with van der Waals surface area (Å²) in [4.78, 5) is 47.6. The zero-order chi connectivity index (χ0) is 29.2. The molecule has 0 fully saturated rings. The molecule has 0 bridgehead atoms. The minimum atomic E-state index is -0.745. The number of ether oxygens (including phenoxy) is 4. The van der Waals surface area contributed by atoms with Gasteiger partial charge in [-0.2, -0.15) is 5.10 Å². The molecule has 2 N–H and O–H groups in total. The predicted octanol–water partition coefficient (Wildman–Crippen LogP) is 3.48. The molecular formula is C26H23BrN4O9. The fourth-order valence-corrected chi connectivity index (χ4v) is 3.66. The number of amides is 2. The fraction of sp³-hybridized carbons (Fsp3) is 0.154. The van der Waals surface area contributed by atoms with Crippen molar-refractivity contribution in [3.05, 3.63) is 85.9 Å². The molecule has 14 heteroatoms. The van der Waals surface area contributed by atoms with Crippen molar-refractivity contribution in [2.75, 3.05) is 27.9 Å². The number of nitrogens with one attached hydrogen (secondary N) is 2. The molecule has 0 aliphatic carbocycles. The number of hydrogen-bond acceptors (Lipinski definition) is 10. The Hall–Kier alpha value is -4.98. The second kappa shape index (κ2) is 13.7. The highest BCUT2D eigenvalue weighted by atomic mass is 79.9. The van der Waals surface area contributed by atoms with Crippen LogP contribution >= 0.6 is 15.9 Å². The van der Waals surface area contributed by atoms with E-state index >= 15 is 0 Å². The molecular weight excluding hydrogens is 592 g/mol. The van der Waals surface area contributed by atoms with E-state index < -0.39 is 29.3 Å². The minimum absolute atomic E-state index is 0.104. The molecule has 13 nitrogen and oxygen atoms in total. The Kier molecular flexibility index (Phi) is 10.1. The van der Waals surface area contributed by atoms with E-state index in [0.29, 0.717) is 15.8 Å². The van der Waals surface area contributed by atoms with Crippen LogP contribution in [0.5, 0.6) is 23.0 Å². The Morgan fingerprint density at radius 3 is 2.15 bits per heavy atom. The lowest BCUT2D eigenvalue weighted by Gasteiger charge is -2.14. The van der Waals surface area contributed by atoms with Gasteiger partial charge < -0.3 is 24.3 Å². The highest BCUT2D eigenvalue weighted by Gasteiger charge is 2.18. The number of esters is 1. The van der Waals surface area contributed by atoms with Crippen LogP contribution in [-0.2, 0) is 4.79 Å². The second-order valence-corrected chi connectivity index (χ2v) is 8.68. The van der Waals surface area contributed by atoms with E-state index in [2.05, 4.69) is 31.8 Å². The molecule has 0 aromatic heterocycles. The molecule has 0 unspecified atom stereocenters. The molecule has 3 aromatic carbocycles. The first-order valence-corrected chi connectivity index (χ1v) is 12.1. The van der Waals surface area contributed by atoms with Gasteiger partial charge in [-0.25, -0.2) is 10.2 Å². The van der Waals surface area contributed by atoms with Gasteiger partial charge in [-0.05, 0) is 42.5 Å². The Balaban J connectivity index is 1.62. The maximum absolute atomic E-state index is 12.6. The second-order valence-electron chi connectivity index (χ2n) is 7.77. The van der Waals surface area contributed by atoms with Gasteiger partial charge in [0.2, 0.25) is 5.75 Å². The molecule has 0 spiro atoms. The van der Waals surface area contributed by atoms with Crippen molar-refractivity contribution in [1.29, 1.82) is 0 Å². The van der Waals surface area contributed by atoms with E-state index in [1.165, 1.54) is 70.0 Å². The van der Waals surface area contributed by atoms with Gasteiger partial charge in [0.1, 0.15) is 5.75 Å². The van der Waals surface area contributed by atoms with Gasteiger partial charge in [0.25, 0.3) is 17.5 Å². The Bertz CT molecular complexity index is 1430. The van der Waals surface area contributed by atoms with Gasteiger partial charge >= 0.3 is 5.97 Å². The van der Waals surface area contributed by atoms with E-state index in [4.69, 9.17) is 18.9 Å². The van der Waals surface area contributed by atoms with E-state index in [0.717, 1.165) is 0 Å². The number of nitro groups is 1. The smallest absolute Gasteiger partial charge is 0.343 e. The molecule has 0 saturated heterocycles. The summed E-state index contributed by atoms with van der Waals surface area (Å²) in [6, 6.07) is 12.6. The van der Waals surface area contributed by atoms with Crippen LogP contribution in [0, 0.1) is 10.1 Å². The highest BCUT2D eigenvalue weighted by Crippen LogP contribution is 2.38. The Morgan fingerprint density at radius 2 is 1.57 bits per heavy atom. The van der Waals surface area contributed by atoms with E-state index in [1.54, 1.807) is 12.1 Å². The fourth-order valence-electron chi connectivity index (χ4n) is 3.28. The normalized spacial score (nSPS) is 10.5. The van der Waals surface area contributed by atoms with Crippen molar-refractivity contribution < 1.29 is 38.3 Å². The molecule has 3 rings (SSSR count). The summed E-state index contributed by atoms with van der Waals surface area (Å²) in [5, 5.41) is 17.1. The third-order valence-corrected chi connectivity index (χ3v) is 5.71. The molecule has 2 amide bonds. The largest absolute Gasteiger partial charge is 0.493 e.